The van der Waals surface area contributed by atoms with E-state index >= 15 is 0 Å². The summed E-state index contributed by atoms with van der Waals surface area (Å²) < 4.78 is 10.4. The number of hydrogen-bond acceptors (Lipinski definition) is 3. The predicted molar refractivity (Wildman–Crippen MR) is 63.7 cm³/mol. The van der Waals surface area contributed by atoms with E-state index in [1.54, 1.807) is 6.26 Å². The molecule has 88 valence electrons. The number of carbonyl (C=O) groups excluding carboxylic acids is 1. The van der Waals surface area contributed by atoms with Crippen molar-refractivity contribution in [1.29, 1.82) is 0 Å². The molecular formula is C14H14O3. The van der Waals surface area contributed by atoms with Crippen LogP contribution < -0.4 is 0 Å². The first-order chi connectivity index (χ1) is 8.31. The normalized spacial score (nSPS) is 22.6. The van der Waals surface area contributed by atoms with Crippen molar-refractivity contribution in [1.82, 2.24) is 0 Å². The van der Waals surface area contributed by atoms with Gasteiger partial charge in [0.15, 0.2) is 0 Å². The minimum atomic E-state index is -0.0713. The number of rotatable bonds is 3. The van der Waals surface area contributed by atoms with Crippen LogP contribution in [0.3, 0.4) is 0 Å². The van der Waals surface area contributed by atoms with Crippen LogP contribution in [0.1, 0.15) is 24.8 Å². The predicted octanol–water partition coefficient (Wildman–Crippen LogP) is 3.10. The molecule has 0 N–H and O–H groups in total. The fourth-order valence-electron chi connectivity index (χ4n) is 2.39. The summed E-state index contributed by atoms with van der Waals surface area (Å²) in [5.41, 5.74) is 2.09. The highest BCUT2D eigenvalue weighted by Gasteiger charge is 2.45. The maximum Gasteiger partial charge on any atom is 0.309 e. The van der Waals surface area contributed by atoms with E-state index in [1.165, 1.54) is 5.56 Å². The van der Waals surface area contributed by atoms with E-state index in [4.69, 9.17) is 9.15 Å². The molecule has 3 heteroatoms. The summed E-state index contributed by atoms with van der Waals surface area (Å²) in [5.74, 6) is 0.267. The average Bonchev–Trinajstić information content (AvgIpc) is 2.98. The Morgan fingerprint density at radius 2 is 2.35 bits per heavy atom. The Bertz CT molecular complexity index is 555. The van der Waals surface area contributed by atoms with Crippen molar-refractivity contribution in [3.05, 3.63) is 36.1 Å². The summed E-state index contributed by atoms with van der Waals surface area (Å²) in [6.45, 7) is 2.30. The van der Waals surface area contributed by atoms with Gasteiger partial charge in [-0.2, -0.15) is 0 Å². The van der Waals surface area contributed by atoms with Gasteiger partial charge in [-0.1, -0.05) is 12.1 Å². The van der Waals surface area contributed by atoms with Crippen LogP contribution in [-0.4, -0.2) is 12.6 Å². The quantitative estimate of drug-likeness (QED) is 0.760. The molecule has 0 unspecified atom stereocenters. The highest BCUT2D eigenvalue weighted by Crippen LogP contribution is 2.50. The van der Waals surface area contributed by atoms with E-state index in [0.717, 1.165) is 17.4 Å². The fourth-order valence-corrected chi connectivity index (χ4v) is 2.39. The maximum absolute atomic E-state index is 11.6. The van der Waals surface area contributed by atoms with Crippen molar-refractivity contribution >= 4 is 16.9 Å². The molecule has 0 saturated heterocycles. The second-order valence-corrected chi connectivity index (χ2v) is 4.38. The van der Waals surface area contributed by atoms with Gasteiger partial charge in [0, 0.05) is 5.39 Å². The molecule has 0 aliphatic heterocycles. The molecule has 17 heavy (non-hydrogen) atoms. The molecule has 3 rings (SSSR count). The molecule has 1 fully saturated rings. The van der Waals surface area contributed by atoms with Gasteiger partial charge in [-0.15, -0.1) is 0 Å². The second-order valence-electron chi connectivity index (χ2n) is 4.38. The van der Waals surface area contributed by atoms with Gasteiger partial charge in [-0.05, 0) is 37.0 Å². The molecule has 0 radical (unpaired) electrons. The van der Waals surface area contributed by atoms with Crippen LogP contribution in [0.5, 0.6) is 0 Å². The Kier molecular flexibility index (Phi) is 2.39. The van der Waals surface area contributed by atoms with Gasteiger partial charge in [-0.3, -0.25) is 4.79 Å². The van der Waals surface area contributed by atoms with Crippen molar-refractivity contribution in [2.45, 2.75) is 19.3 Å². The van der Waals surface area contributed by atoms with Crippen molar-refractivity contribution < 1.29 is 13.9 Å². The lowest BCUT2D eigenvalue weighted by molar-refractivity contribution is -0.144. The molecule has 1 aromatic heterocycles. The van der Waals surface area contributed by atoms with E-state index in [9.17, 15) is 4.79 Å². The van der Waals surface area contributed by atoms with Gasteiger partial charge in [-0.25, -0.2) is 0 Å². The summed E-state index contributed by atoms with van der Waals surface area (Å²) in [6, 6.07) is 7.95. The van der Waals surface area contributed by atoms with E-state index in [0.29, 0.717) is 12.5 Å². The third-order valence-corrected chi connectivity index (χ3v) is 3.31. The molecule has 1 aromatic carbocycles. The number of carbonyl (C=O) groups is 1. The number of furan rings is 1. The van der Waals surface area contributed by atoms with Crippen molar-refractivity contribution in [2.24, 2.45) is 5.92 Å². The molecule has 1 heterocycles. The number of benzene rings is 1. The van der Waals surface area contributed by atoms with Crippen LogP contribution >= 0.6 is 0 Å². The molecule has 1 aliphatic rings. The number of hydrogen-bond donors (Lipinski definition) is 0. The molecule has 2 atom stereocenters. The zero-order valence-electron chi connectivity index (χ0n) is 9.68. The lowest BCUT2D eigenvalue weighted by Gasteiger charge is -2.02. The molecule has 1 aliphatic carbocycles. The second kappa shape index (κ2) is 3.91. The summed E-state index contributed by atoms with van der Waals surface area (Å²) in [7, 11) is 0. The summed E-state index contributed by atoms with van der Waals surface area (Å²) in [4.78, 5) is 11.6. The standard InChI is InChI=1S/C14H14O3/c1-2-16-14(15)12-8-11(12)9-4-3-5-13-10(9)6-7-17-13/h3-7,11-12H,2,8H2,1H3/t11-,12+/m0/s1. The van der Waals surface area contributed by atoms with Gasteiger partial charge < -0.3 is 9.15 Å². The van der Waals surface area contributed by atoms with E-state index < -0.39 is 0 Å². The Hall–Kier alpha value is -1.77. The maximum atomic E-state index is 11.6. The zero-order valence-corrected chi connectivity index (χ0v) is 9.68. The Morgan fingerprint density at radius 3 is 3.18 bits per heavy atom. The van der Waals surface area contributed by atoms with Crippen LogP contribution in [0.15, 0.2) is 34.9 Å². The summed E-state index contributed by atoms with van der Waals surface area (Å²) in [5, 5.41) is 1.12. The zero-order chi connectivity index (χ0) is 11.8. The Labute approximate surface area is 99.4 Å². The fraction of sp³-hybridized carbons (Fsp3) is 0.357. The SMILES string of the molecule is CCOC(=O)[C@@H]1C[C@H]1c1cccc2occc12. The third-order valence-electron chi connectivity index (χ3n) is 3.31. The monoisotopic (exact) mass is 230 g/mol. The van der Waals surface area contributed by atoms with Crippen LogP contribution in [0, 0.1) is 5.92 Å². The lowest BCUT2D eigenvalue weighted by Crippen LogP contribution is -2.07. The van der Waals surface area contributed by atoms with Crippen LogP contribution in [0.4, 0.5) is 0 Å². The first kappa shape index (κ1) is 10.4. The molecule has 3 nitrogen and oxygen atoms in total. The first-order valence-electron chi connectivity index (χ1n) is 5.94. The molecule has 0 spiro atoms. The smallest absolute Gasteiger partial charge is 0.309 e. The molecule has 2 aromatic rings. The minimum Gasteiger partial charge on any atom is -0.466 e. The molecular weight excluding hydrogens is 216 g/mol. The lowest BCUT2D eigenvalue weighted by atomic mass is 10.0. The van der Waals surface area contributed by atoms with Crippen molar-refractivity contribution in [2.75, 3.05) is 6.61 Å². The molecule has 0 amide bonds. The number of esters is 1. The summed E-state index contributed by atoms with van der Waals surface area (Å²) >= 11 is 0. The van der Waals surface area contributed by atoms with Gasteiger partial charge in [0.2, 0.25) is 0 Å². The highest BCUT2D eigenvalue weighted by molar-refractivity contribution is 5.85. The van der Waals surface area contributed by atoms with E-state index in [2.05, 4.69) is 6.07 Å². The topological polar surface area (TPSA) is 39.4 Å². The number of fused-ring (bicyclic) bond motifs is 1. The minimum absolute atomic E-state index is 0.0375. The van der Waals surface area contributed by atoms with Crippen LogP contribution in [-0.2, 0) is 9.53 Å². The van der Waals surface area contributed by atoms with Gasteiger partial charge in [0.25, 0.3) is 0 Å². The van der Waals surface area contributed by atoms with E-state index in [1.807, 2.05) is 25.1 Å². The molecule has 1 saturated carbocycles. The highest BCUT2D eigenvalue weighted by atomic mass is 16.5. The van der Waals surface area contributed by atoms with Crippen LogP contribution in [0.25, 0.3) is 11.0 Å². The Balaban J connectivity index is 1.87. The third kappa shape index (κ3) is 1.71. The first-order valence-corrected chi connectivity index (χ1v) is 5.94. The molecule has 0 bridgehead atoms. The van der Waals surface area contributed by atoms with Gasteiger partial charge in [0.1, 0.15) is 5.58 Å². The van der Waals surface area contributed by atoms with Crippen molar-refractivity contribution in [3.8, 4) is 0 Å². The number of ether oxygens (including phenoxy) is 1. The van der Waals surface area contributed by atoms with Crippen molar-refractivity contribution in [3.63, 3.8) is 0 Å². The van der Waals surface area contributed by atoms with Gasteiger partial charge in [0.05, 0.1) is 18.8 Å². The summed E-state index contributed by atoms with van der Waals surface area (Å²) in [6.07, 6.45) is 2.58. The average molecular weight is 230 g/mol. The van der Waals surface area contributed by atoms with E-state index in [-0.39, 0.29) is 11.9 Å². The largest absolute Gasteiger partial charge is 0.466 e. The van der Waals surface area contributed by atoms with Crippen LogP contribution in [0.2, 0.25) is 0 Å². The Morgan fingerprint density at radius 1 is 1.47 bits per heavy atom. The van der Waals surface area contributed by atoms with Gasteiger partial charge >= 0.3 is 5.97 Å².